The Morgan fingerprint density at radius 2 is 0.769 bits per heavy atom. The smallest absolute Gasteiger partial charge is 0.126 e. The van der Waals surface area contributed by atoms with Crippen molar-refractivity contribution in [2.24, 2.45) is 0 Å². The molecule has 4 rings (SSSR count). The summed E-state index contributed by atoms with van der Waals surface area (Å²) in [4.78, 5) is 4.98. The summed E-state index contributed by atoms with van der Waals surface area (Å²) in [6.45, 7) is 14.2. The summed E-state index contributed by atoms with van der Waals surface area (Å²) >= 11 is 0. The minimum atomic E-state index is -1.64. The molecule has 0 bridgehead atoms. The molecule has 0 heterocycles. The number of benzene rings is 4. The lowest BCUT2D eigenvalue weighted by Crippen LogP contribution is -2.53. The molecular formula is C44H66Cl2N2O4. The molecule has 0 saturated carbocycles. The second-order valence-corrected chi connectivity index (χ2v) is 14.0. The number of aliphatic hydroxyl groups is 2. The quantitative estimate of drug-likeness (QED) is 0.0786. The van der Waals surface area contributed by atoms with E-state index in [0.29, 0.717) is 25.9 Å². The van der Waals surface area contributed by atoms with E-state index >= 15 is 0 Å². The number of methoxy groups -OCH3 is 2. The number of fused-ring (bicyclic) bond motifs is 2. The summed E-state index contributed by atoms with van der Waals surface area (Å²) in [5.41, 5.74) is -1.82. The first-order valence-electron chi connectivity index (χ1n) is 19.3. The van der Waals surface area contributed by atoms with Crippen molar-refractivity contribution in [2.45, 2.75) is 103 Å². The van der Waals surface area contributed by atoms with Crippen LogP contribution in [0.3, 0.4) is 0 Å². The lowest BCUT2D eigenvalue weighted by molar-refractivity contribution is -0.176. The molecule has 52 heavy (non-hydrogen) atoms. The molecule has 290 valence electrons. The van der Waals surface area contributed by atoms with Crippen LogP contribution in [0.15, 0.2) is 72.8 Å². The van der Waals surface area contributed by atoms with Gasteiger partial charge in [0, 0.05) is 23.9 Å². The first-order chi connectivity index (χ1) is 24.3. The molecule has 4 aromatic rings. The fourth-order valence-corrected chi connectivity index (χ4v) is 7.59. The summed E-state index contributed by atoms with van der Waals surface area (Å²) < 4.78 is 11.6. The Bertz CT molecular complexity index is 1490. The normalized spacial score (nSPS) is 13.8. The number of hydrogen-bond donors (Lipinski definition) is 2. The summed E-state index contributed by atoms with van der Waals surface area (Å²) in [5, 5.41) is 31.2. The highest BCUT2D eigenvalue weighted by molar-refractivity contribution is 5.94. The van der Waals surface area contributed by atoms with Gasteiger partial charge in [0.15, 0.2) is 0 Å². The van der Waals surface area contributed by atoms with Crippen molar-refractivity contribution in [1.82, 2.24) is 9.80 Å². The Kier molecular flexibility index (Phi) is 19.8. The van der Waals surface area contributed by atoms with Crippen molar-refractivity contribution in [1.29, 1.82) is 0 Å². The molecule has 0 aliphatic heterocycles. The Labute approximate surface area is 326 Å². The monoisotopic (exact) mass is 756 g/mol. The van der Waals surface area contributed by atoms with Gasteiger partial charge >= 0.3 is 0 Å². The fourth-order valence-electron chi connectivity index (χ4n) is 7.59. The fraction of sp³-hybridized carbons (Fsp3) is 0.545. The summed E-state index contributed by atoms with van der Waals surface area (Å²) in [6.07, 6.45) is 9.61. The SMILES string of the molecule is CCCCN(CCCC)CCC(O)(c1ccc(OC)c2ccccc12)C(O)(CCN(CCCC)CCCC)c1ccc(OC)c2ccccc12.Cl.Cl. The van der Waals surface area contributed by atoms with Crippen LogP contribution < -0.4 is 9.47 Å². The Hall–Kier alpha value is -2.58. The average Bonchev–Trinajstić information content (AvgIpc) is 3.16. The predicted octanol–water partition coefficient (Wildman–Crippen LogP) is 10.5. The third-order valence-electron chi connectivity index (χ3n) is 10.7. The van der Waals surface area contributed by atoms with Crippen LogP contribution in [0, 0.1) is 0 Å². The molecule has 0 aliphatic carbocycles. The molecule has 4 aromatic carbocycles. The Morgan fingerprint density at radius 3 is 1.06 bits per heavy atom. The molecule has 2 N–H and O–H groups in total. The number of rotatable bonds is 23. The van der Waals surface area contributed by atoms with Crippen LogP contribution in [-0.4, -0.2) is 73.5 Å². The molecule has 6 nitrogen and oxygen atoms in total. The van der Waals surface area contributed by atoms with Crippen LogP contribution in [0.1, 0.15) is 103 Å². The van der Waals surface area contributed by atoms with Crippen LogP contribution in [-0.2, 0) is 11.2 Å². The van der Waals surface area contributed by atoms with Crippen LogP contribution in [0.25, 0.3) is 21.5 Å². The van der Waals surface area contributed by atoms with E-state index in [1.807, 2.05) is 60.7 Å². The van der Waals surface area contributed by atoms with Gasteiger partial charge in [0.1, 0.15) is 22.7 Å². The minimum Gasteiger partial charge on any atom is -0.496 e. The lowest BCUT2D eigenvalue weighted by atomic mass is 9.67. The van der Waals surface area contributed by atoms with Crippen LogP contribution in [0.4, 0.5) is 0 Å². The number of ether oxygens (including phenoxy) is 2. The van der Waals surface area contributed by atoms with E-state index in [1.54, 1.807) is 14.2 Å². The Morgan fingerprint density at radius 1 is 0.462 bits per heavy atom. The van der Waals surface area contributed by atoms with E-state index in [-0.39, 0.29) is 24.8 Å². The maximum atomic E-state index is 13.8. The zero-order valence-corrected chi connectivity index (χ0v) is 34.3. The predicted molar refractivity (Wildman–Crippen MR) is 225 cm³/mol. The van der Waals surface area contributed by atoms with Crippen molar-refractivity contribution < 1.29 is 19.7 Å². The number of nitrogens with zero attached hydrogens (tertiary/aromatic N) is 2. The van der Waals surface area contributed by atoms with E-state index in [4.69, 9.17) is 9.47 Å². The average molecular weight is 758 g/mol. The highest BCUT2D eigenvalue weighted by Gasteiger charge is 2.53. The minimum absolute atomic E-state index is 0. The van der Waals surface area contributed by atoms with Crippen LogP contribution >= 0.6 is 24.8 Å². The van der Waals surface area contributed by atoms with Gasteiger partial charge in [-0.15, -0.1) is 24.8 Å². The van der Waals surface area contributed by atoms with Gasteiger partial charge in [-0.2, -0.15) is 0 Å². The molecule has 2 atom stereocenters. The third kappa shape index (κ3) is 10.5. The van der Waals surface area contributed by atoms with Crippen molar-refractivity contribution in [3.63, 3.8) is 0 Å². The number of halogens is 2. The molecule has 0 fully saturated rings. The highest BCUT2D eigenvalue weighted by Crippen LogP contribution is 2.51. The maximum Gasteiger partial charge on any atom is 0.126 e. The lowest BCUT2D eigenvalue weighted by Gasteiger charge is -2.47. The van der Waals surface area contributed by atoms with Gasteiger partial charge in [-0.05, 0) is 98.7 Å². The van der Waals surface area contributed by atoms with Crippen molar-refractivity contribution in [3.8, 4) is 11.5 Å². The number of hydrogen-bond acceptors (Lipinski definition) is 6. The van der Waals surface area contributed by atoms with Crippen molar-refractivity contribution >= 4 is 46.4 Å². The van der Waals surface area contributed by atoms with E-state index < -0.39 is 11.2 Å². The van der Waals surface area contributed by atoms with Crippen LogP contribution in [0.2, 0.25) is 0 Å². The second kappa shape index (κ2) is 22.6. The van der Waals surface area contributed by atoms with Gasteiger partial charge in [-0.25, -0.2) is 0 Å². The third-order valence-corrected chi connectivity index (χ3v) is 10.7. The van der Waals surface area contributed by atoms with E-state index in [0.717, 1.165) is 122 Å². The summed E-state index contributed by atoms with van der Waals surface area (Å²) in [6, 6.07) is 24.2. The molecule has 8 heteroatoms. The Balaban J connectivity index is 0.00000468. The largest absolute Gasteiger partial charge is 0.496 e. The van der Waals surface area contributed by atoms with Crippen LogP contribution in [0.5, 0.6) is 11.5 Å². The van der Waals surface area contributed by atoms with E-state index in [2.05, 4.69) is 49.6 Å². The van der Waals surface area contributed by atoms with Crippen molar-refractivity contribution in [2.75, 3.05) is 53.5 Å². The molecule has 0 amide bonds. The van der Waals surface area contributed by atoms with Crippen molar-refractivity contribution in [3.05, 3.63) is 83.9 Å². The van der Waals surface area contributed by atoms with Gasteiger partial charge in [0.2, 0.25) is 0 Å². The van der Waals surface area contributed by atoms with Gasteiger partial charge in [-0.1, -0.05) is 114 Å². The van der Waals surface area contributed by atoms with Gasteiger partial charge in [0.05, 0.1) is 14.2 Å². The topological polar surface area (TPSA) is 65.4 Å². The first-order valence-corrected chi connectivity index (χ1v) is 19.3. The van der Waals surface area contributed by atoms with Gasteiger partial charge in [-0.3, -0.25) is 0 Å². The molecule has 0 saturated heterocycles. The first kappa shape index (κ1) is 45.6. The second-order valence-electron chi connectivity index (χ2n) is 14.0. The van der Waals surface area contributed by atoms with Gasteiger partial charge < -0.3 is 29.5 Å². The number of unbranched alkanes of at least 4 members (excludes halogenated alkanes) is 4. The highest BCUT2D eigenvalue weighted by atomic mass is 35.5. The molecule has 0 aliphatic rings. The molecule has 0 radical (unpaired) electrons. The van der Waals surface area contributed by atoms with Gasteiger partial charge in [0.25, 0.3) is 0 Å². The van der Waals surface area contributed by atoms with E-state index in [9.17, 15) is 10.2 Å². The molecular weight excluding hydrogens is 691 g/mol. The maximum absolute atomic E-state index is 13.8. The standard InChI is InChI=1S/C44H64N2O4.2ClH/c1-7-11-29-45(30-12-8-2)33-27-43(47,39-23-25-41(49-5)37-21-17-15-19-35(37)39)44(48,28-34-46(31-13-9-3)32-14-10-4)40-24-26-42(50-6)38-22-18-16-20-36(38)40;;/h15-26,47-48H,7-14,27-34H2,1-6H3;2*1H. The summed E-state index contributed by atoms with van der Waals surface area (Å²) in [7, 11) is 3.38. The zero-order valence-electron chi connectivity index (χ0n) is 32.7. The van der Waals surface area contributed by atoms with E-state index in [1.165, 1.54) is 0 Å². The zero-order chi connectivity index (χ0) is 36.0. The molecule has 0 spiro atoms. The summed E-state index contributed by atoms with van der Waals surface area (Å²) in [5.74, 6) is 1.51. The molecule has 2 unspecified atom stereocenters. The molecule has 0 aromatic heterocycles.